The number of carboxylic acid groups (broad SMARTS) is 1. The predicted molar refractivity (Wildman–Crippen MR) is 78.4 cm³/mol. The molecule has 21 heavy (non-hydrogen) atoms. The van der Waals surface area contributed by atoms with Gasteiger partial charge in [0.05, 0.1) is 0 Å². The number of nitrogens with one attached hydrogen (secondary N) is 1. The van der Waals surface area contributed by atoms with Crippen molar-refractivity contribution in [2.24, 2.45) is 0 Å². The predicted octanol–water partition coefficient (Wildman–Crippen LogP) is 1.38. The summed E-state index contributed by atoms with van der Waals surface area (Å²) >= 11 is 0. The number of carbonyl (C=O) groups excluding carboxylic acids is 1. The lowest BCUT2D eigenvalue weighted by atomic mass is 10.0. The second kappa shape index (κ2) is 7.17. The molecule has 1 fully saturated rings. The van der Waals surface area contributed by atoms with E-state index in [4.69, 9.17) is 5.11 Å². The topological polar surface area (TPSA) is 82.5 Å². The highest BCUT2D eigenvalue weighted by Gasteiger charge is 2.21. The van der Waals surface area contributed by atoms with Crippen molar-refractivity contribution in [1.29, 1.82) is 0 Å². The first-order valence-electron chi connectivity index (χ1n) is 7.33. The Morgan fingerprint density at radius 1 is 1.33 bits per heavy atom. The van der Waals surface area contributed by atoms with Crippen LogP contribution in [0.2, 0.25) is 0 Å². The lowest BCUT2D eigenvalue weighted by molar-refractivity contribution is 0.0690. The van der Waals surface area contributed by atoms with Gasteiger partial charge in [-0.25, -0.2) is 9.78 Å². The van der Waals surface area contributed by atoms with E-state index >= 15 is 0 Å². The molecule has 0 spiro atoms. The number of hydrogen-bond donors (Lipinski definition) is 2. The Kier molecular flexibility index (Phi) is 5.27. The van der Waals surface area contributed by atoms with Crippen molar-refractivity contribution >= 4 is 11.9 Å². The molecule has 0 aromatic carbocycles. The van der Waals surface area contributed by atoms with E-state index in [0.717, 1.165) is 38.9 Å². The summed E-state index contributed by atoms with van der Waals surface area (Å²) in [6.45, 7) is 5.24. The molecule has 6 nitrogen and oxygen atoms in total. The van der Waals surface area contributed by atoms with E-state index in [-0.39, 0.29) is 23.3 Å². The molecule has 1 amide bonds. The number of aromatic nitrogens is 1. The number of amides is 1. The molecular weight excluding hydrogens is 270 g/mol. The van der Waals surface area contributed by atoms with Gasteiger partial charge in [-0.1, -0.05) is 13.0 Å². The molecule has 2 N–H and O–H groups in total. The van der Waals surface area contributed by atoms with E-state index in [1.54, 1.807) is 0 Å². The Hall–Kier alpha value is -1.95. The van der Waals surface area contributed by atoms with Gasteiger partial charge in [-0.15, -0.1) is 0 Å². The second-order valence-corrected chi connectivity index (χ2v) is 5.30. The van der Waals surface area contributed by atoms with Gasteiger partial charge in [0.2, 0.25) is 0 Å². The zero-order chi connectivity index (χ0) is 15.2. The summed E-state index contributed by atoms with van der Waals surface area (Å²) in [5, 5.41) is 11.8. The molecule has 0 aliphatic carbocycles. The fourth-order valence-corrected chi connectivity index (χ4v) is 2.56. The molecule has 0 unspecified atom stereocenters. The number of rotatable bonds is 5. The Labute approximate surface area is 124 Å². The summed E-state index contributed by atoms with van der Waals surface area (Å²) in [5.74, 6) is -1.43. The average Bonchev–Trinajstić information content (AvgIpc) is 2.49. The molecule has 1 aromatic rings. The van der Waals surface area contributed by atoms with Gasteiger partial charge in [-0.3, -0.25) is 4.79 Å². The Bertz CT molecular complexity index is 511. The molecule has 114 valence electrons. The molecule has 1 aliphatic rings. The van der Waals surface area contributed by atoms with Crippen LogP contribution in [0.1, 0.15) is 47.2 Å². The normalized spacial score (nSPS) is 16.6. The lowest BCUT2D eigenvalue weighted by Crippen LogP contribution is -2.45. The SMILES string of the molecule is CCCN1CCC(NC(=O)c2cccc(C(=O)O)n2)CC1. The maximum absolute atomic E-state index is 12.1. The number of carbonyl (C=O) groups is 2. The molecule has 1 aromatic heterocycles. The fourth-order valence-electron chi connectivity index (χ4n) is 2.56. The van der Waals surface area contributed by atoms with Crippen LogP contribution in [0.4, 0.5) is 0 Å². The number of likely N-dealkylation sites (tertiary alicyclic amines) is 1. The summed E-state index contributed by atoms with van der Waals surface area (Å²) in [5.41, 5.74) is 0.0475. The van der Waals surface area contributed by atoms with E-state index in [1.165, 1.54) is 18.2 Å². The number of aromatic carboxylic acids is 1. The van der Waals surface area contributed by atoms with Crippen molar-refractivity contribution in [3.05, 3.63) is 29.6 Å². The number of pyridine rings is 1. The van der Waals surface area contributed by atoms with Crippen molar-refractivity contribution in [3.8, 4) is 0 Å². The number of piperidine rings is 1. The third-order valence-electron chi connectivity index (χ3n) is 3.66. The molecule has 1 saturated heterocycles. The summed E-state index contributed by atoms with van der Waals surface area (Å²) in [4.78, 5) is 29.2. The van der Waals surface area contributed by atoms with Gasteiger partial charge in [-0.2, -0.15) is 0 Å². The number of nitrogens with zero attached hydrogens (tertiary/aromatic N) is 2. The van der Waals surface area contributed by atoms with E-state index in [0.29, 0.717) is 0 Å². The van der Waals surface area contributed by atoms with Gasteiger partial charge in [0.1, 0.15) is 11.4 Å². The first-order chi connectivity index (χ1) is 10.1. The Morgan fingerprint density at radius 2 is 2.00 bits per heavy atom. The van der Waals surface area contributed by atoms with E-state index in [1.807, 2.05) is 0 Å². The van der Waals surface area contributed by atoms with Gasteiger partial charge < -0.3 is 15.3 Å². The van der Waals surface area contributed by atoms with Crippen LogP contribution in [0.3, 0.4) is 0 Å². The number of hydrogen-bond acceptors (Lipinski definition) is 4. The first-order valence-corrected chi connectivity index (χ1v) is 7.33. The standard InChI is InChI=1S/C15H21N3O3/c1-2-8-18-9-6-11(7-10-18)16-14(19)12-4-3-5-13(17-12)15(20)21/h3-5,11H,2,6-10H2,1H3,(H,16,19)(H,20,21). The van der Waals surface area contributed by atoms with Crippen molar-refractivity contribution < 1.29 is 14.7 Å². The van der Waals surface area contributed by atoms with Gasteiger partial charge in [0, 0.05) is 19.1 Å². The summed E-state index contributed by atoms with van der Waals surface area (Å²) in [7, 11) is 0. The first kappa shape index (κ1) is 15.4. The highest BCUT2D eigenvalue weighted by molar-refractivity contribution is 5.94. The number of carboxylic acids is 1. The van der Waals surface area contributed by atoms with Gasteiger partial charge in [-0.05, 0) is 37.9 Å². The molecule has 1 aliphatic heterocycles. The quantitative estimate of drug-likeness (QED) is 0.856. The third kappa shape index (κ3) is 4.26. The minimum Gasteiger partial charge on any atom is -0.477 e. The van der Waals surface area contributed by atoms with Crippen molar-refractivity contribution in [2.45, 2.75) is 32.2 Å². The smallest absolute Gasteiger partial charge is 0.354 e. The Balaban J connectivity index is 1.90. The summed E-state index contributed by atoms with van der Waals surface area (Å²) in [6.07, 6.45) is 2.98. The van der Waals surface area contributed by atoms with Crippen LogP contribution in [0.5, 0.6) is 0 Å². The molecular formula is C15H21N3O3. The molecule has 0 radical (unpaired) electrons. The summed E-state index contributed by atoms with van der Waals surface area (Å²) in [6, 6.07) is 4.59. The largest absolute Gasteiger partial charge is 0.477 e. The van der Waals surface area contributed by atoms with E-state index in [2.05, 4.69) is 22.1 Å². The van der Waals surface area contributed by atoms with Crippen LogP contribution in [0, 0.1) is 0 Å². The van der Waals surface area contributed by atoms with Crippen molar-refractivity contribution in [3.63, 3.8) is 0 Å². The highest BCUT2D eigenvalue weighted by atomic mass is 16.4. The zero-order valence-corrected chi connectivity index (χ0v) is 12.2. The van der Waals surface area contributed by atoms with Crippen LogP contribution >= 0.6 is 0 Å². The van der Waals surface area contributed by atoms with Crippen LogP contribution in [0.15, 0.2) is 18.2 Å². The zero-order valence-electron chi connectivity index (χ0n) is 12.2. The molecule has 6 heteroatoms. The van der Waals surface area contributed by atoms with Crippen molar-refractivity contribution in [1.82, 2.24) is 15.2 Å². The van der Waals surface area contributed by atoms with E-state index in [9.17, 15) is 9.59 Å². The molecule has 0 saturated carbocycles. The lowest BCUT2D eigenvalue weighted by Gasteiger charge is -2.32. The van der Waals surface area contributed by atoms with E-state index < -0.39 is 5.97 Å². The highest BCUT2D eigenvalue weighted by Crippen LogP contribution is 2.11. The van der Waals surface area contributed by atoms with Gasteiger partial charge in [0.15, 0.2) is 0 Å². The van der Waals surface area contributed by atoms with Crippen LogP contribution in [-0.4, -0.2) is 52.5 Å². The van der Waals surface area contributed by atoms with Gasteiger partial charge >= 0.3 is 5.97 Å². The maximum atomic E-state index is 12.1. The van der Waals surface area contributed by atoms with Crippen molar-refractivity contribution in [2.75, 3.05) is 19.6 Å². The second-order valence-electron chi connectivity index (χ2n) is 5.30. The van der Waals surface area contributed by atoms with Crippen LogP contribution < -0.4 is 5.32 Å². The molecule has 2 heterocycles. The third-order valence-corrected chi connectivity index (χ3v) is 3.66. The van der Waals surface area contributed by atoms with Crippen LogP contribution in [0.25, 0.3) is 0 Å². The Morgan fingerprint density at radius 3 is 2.62 bits per heavy atom. The monoisotopic (exact) mass is 291 g/mol. The van der Waals surface area contributed by atoms with Crippen LogP contribution in [-0.2, 0) is 0 Å². The minimum absolute atomic E-state index is 0.111. The maximum Gasteiger partial charge on any atom is 0.354 e. The molecule has 0 bridgehead atoms. The fraction of sp³-hybridized carbons (Fsp3) is 0.533. The average molecular weight is 291 g/mol. The summed E-state index contributed by atoms with van der Waals surface area (Å²) < 4.78 is 0. The molecule has 0 atom stereocenters. The van der Waals surface area contributed by atoms with Gasteiger partial charge in [0.25, 0.3) is 5.91 Å². The minimum atomic E-state index is -1.13. The molecule has 2 rings (SSSR count).